The minimum atomic E-state index is -1.45. The molecule has 0 bridgehead atoms. The molecule has 1 aliphatic rings. The number of ether oxygens (including phenoxy) is 6. The van der Waals surface area contributed by atoms with Gasteiger partial charge in [-0.1, -0.05) is 0 Å². The molecule has 0 aliphatic carbocycles. The van der Waals surface area contributed by atoms with E-state index in [1.807, 2.05) is 0 Å². The van der Waals surface area contributed by atoms with Crippen molar-refractivity contribution in [2.75, 3.05) is 18.5 Å². The molecule has 5 atom stereocenters. The van der Waals surface area contributed by atoms with E-state index in [1.54, 1.807) is 6.92 Å². The molecule has 208 valence electrons. The van der Waals surface area contributed by atoms with Crippen LogP contribution in [0.5, 0.6) is 0 Å². The SMILES string of the molecule is CCOC(=O)c1ccc(NC(=O)N[C@@H]2O[C@H](COC(C)=O)[C@H](OC(C)=O)[C@H](OC(C)=O)[C@@H]2OC(C)=O)cc1. The highest BCUT2D eigenvalue weighted by Gasteiger charge is 2.52. The zero-order valence-electron chi connectivity index (χ0n) is 21.5. The van der Waals surface area contributed by atoms with Gasteiger partial charge in [0.05, 0.1) is 12.2 Å². The van der Waals surface area contributed by atoms with Crippen molar-refractivity contribution in [2.24, 2.45) is 0 Å². The summed E-state index contributed by atoms with van der Waals surface area (Å²) in [4.78, 5) is 71.5. The van der Waals surface area contributed by atoms with Crippen molar-refractivity contribution >= 4 is 41.6 Å². The Morgan fingerprint density at radius 1 is 0.763 bits per heavy atom. The molecule has 0 aromatic heterocycles. The third kappa shape index (κ3) is 9.03. The monoisotopic (exact) mass is 538 g/mol. The van der Waals surface area contributed by atoms with Gasteiger partial charge in [-0.3, -0.25) is 19.2 Å². The van der Waals surface area contributed by atoms with Gasteiger partial charge in [-0.2, -0.15) is 0 Å². The molecule has 1 saturated heterocycles. The van der Waals surface area contributed by atoms with Crippen LogP contribution in [0.1, 0.15) is 45.0 Å². The summed E-state index contributed by atoms with van der Waals surface area (Å²) >= 11 is 0. The number of carbonyl (C=O) groups excluding carboxylic acids is 6. The van der Waals surface area contributed by atoms with E-state index in [1.165, 1.54) is 24.3 Å². The average Bonchev–Trinajstić information content (AvgIpc) is 2.81. The highest BCUT2D eigenvalue weighted by atomic mass is 16.7. The second-order valence-corrected chi connectivity index (χ2v) is 8.02. The van der Waals surface area contributed by atoms with Crippen molar-refractivity contribution in [1.29, 1.82) is 0 Å². The average molecular weight is 539 g/mol. The first kappa shape index (κ1) is 30.0. The first-order valence-corrected chi connectivity index (χ1v) is 11.6. The van der Waals surface area contributed by atoms with Crippen molar-refractivity contribution < 1.29 is 57.2 Å². The Balaban J connectivity index is 2.30. The number of carbonyl (C=O) groups is 6. The van der Waals surface area contributed by atoms with Crippen LogP contribution >= 0.6 is 0 Å². The van der Waals surface area contributed by atoms with E-state index in [0.29, 0.717) is 5.69 Å². The molecule has 1 fully saturated rings. The lowest BCUT2D eigenvalue weighted by molar-refractivity contribution is -0.255. The van der Waals surface area contributed by atoms with Crippen LogP contribution in [0.15, 0.2) is 24.3 Å². The smallest absolute Gasteiger partial charge is 0.338 e. The third-order valence-electron chi connectivity index (χ3n) is 4.92. The van der Waals surface area contributed by atoms with Gasteiger partial charge in [-0.15, -0.1) is 0 Å². The number of nitrogens with one attached hydrogen (secondary N) is 2. The minimum absolute atomic E-state index is 0.206. The second kappa shape index (κ2) is 13.9. The molecule has 14 nitrogen and oxygen atoms in total. The van der Waals surface area contributed by atoms with E-state index in [-0.39, 0.29) is 12.2 Å². The Morgan fingerprint density at radius 3 is 1.84 bits per heavy atom. The van der Waals surface area contributed by atoms with Gasteiger partial charge < -0.3 is 39.1 Å². The summed E-state index contributed by atoms with van der Waals surface area (Å²) in [5.41, 5.74) is 0.568. The van der Waals surface area contributed by atoms with Crippen LogP contribution < -0.4 is 10.6 Å². The number of benzene rings is 1. The zero-order valence-corrected chi connectivity index (χ0v) is 21.5. The molecule has 2 N–H and O–H groups in total. The number of anilines is 1. The van der Waals surface area contributed by atoms with E-state index in [2.05, 4.69) is 10.6 Å². The molecule has 14 heteroatoms. The highest BCUT2D eigenvalue weighted by Crippen LogP contribution is 2.28. The topological polar surface area (TPSA) is 182 Å². The first-order chi connectivity index (χ1) is 17.9. The van der Waals surface area contributed by atoms with Crippen LogP contribution in [0.3, 0.4) is 0 Å². The van der Waals surface area contributed by atoms with Gasteiger partial charge in [0.1, 0.15) is 12.7 Å². The standard InChI is InChI=1S/C24H30N2O12/c1-6-33-23(31)16-7-9-17(10-8-16)25-24(32)26-22-21(37-15(5)30)20(36-14(4)29)19(35-13(3)28)18(38-22)11-34-12(2)27/h7-10,18-22H,6,11H2,1-5H3,(H2,25,26,32)/t18-,19+,20+,21+,22-/m1/s1. The minimum Gasteiger partial charge on any atom is -0.463 e. The fourth-order valence-corrected chi connectivity index (χ4v) is 3.55. The molecule has 2 amide bonds. The molecule has 2 rings (SSSR count). The maximum absolute atomic E-state index is 12.8. The summed E-state index contributed by atoms with van der Waals surface area (Å²) < 4.78 is 31.6. The van der Waals surface area contributed by atoms with Crippen molar-refractivity contribution in [2.45, 2.75) is 65.3 Å². The van der Waals surface area contributed by atoms with Crippen LogP contribution in [0.4, 0.5) is 10.5 Å². The van der Waals surface area contributed by atoms with E-state index in [0.717, 1.165) is 27.7 Å². The lowest BCUT2D eigenvalue weighted by atomic mass is 9.97. The second-order valence-electron chi connectivity index (χ2n) is 8.02. The summed E-state index contributed by atoms with van der Waals surface area (Å²) in [5, 5.41) is 4.99. The van der Waals surface area contributed by atoms with Gasteiger partial charge in [-0.05, 0) is 31.2 Å². The number of rotatable bonds is 9. The molecule has 38 heavy (non-hydrogen) atoms. The zero-order chi connectivity index (χ0) is 28.4. The van der Waals surface area contributed by atoms with E-state index in [9.17, 15) is 28.8 Å². The Hall–Kier alpha value is -4.20. The number of amides is 2. The normalized spacial score (nSPS) is 22.3. The Morgan fingerprint density at radius 2 is 1.32 bits per heavy atom. The molecule has 1 aliphatic heterocycles. The van der Waals surface area contributed by atoms with Crippen LogP contribution in [0, 0.1) is 0 Å². The molecule has 1 aromatic rings. The molecule has 0 saturated carbocycles. The van der Waals surface area contributed by atoms with Gasteiger partial charge >= 0.3 is 35.9 Å². The van der Waals surface area contributed by atoms with E-state index >= 15 is 0 Å². The fraction of sp³-hybridized carbons (Fsp3) is 0.500. The van der Waals surface area contributed by atoms with E-state index < -0.39 is 73.1 Å². The molecule has 1 heterocycles. The predicted octanol–water partition coefficient (Wildman–Crippen LogP) is 1.07. The fourth-order valence-electron chi connectivity index (χ4n) is 3.55. The Bertz CT molecular complexity index is 1040. The quantitative estimate of drug-likeness (QED) is 0.337. The maximum atomic E-state index is 12.8. The molecule has 1 aromatic carbocycles. The largest absolute Gasteiger partial charge is 0.463 e. The Labute approximate surface area is 218 Å². The highest BCUT2D eigenvalue weighted by molar-refractivity contribution is 5.92. The molecular weight excluding hydrogens is 508 g/mol. The van der Waals surface area contributed by atoms with Crippen molar-refractivity contribution in [1.82, 2.24) is 5.32 Å². The number of hydrogen-bond acceptors (Lipinski definition) is 12. The van der Waals surface area contributed by atoms with Gasteiger partial charge in [0.25, 0.3) is 0 Å². The van der Waals surface area contributed by atoms with Crippen LogP contribution in [-0.4, -0.2) is 79.7 Å². The van der Waals surface area contributed by atoms with Crippen LogP contribution in [0.2, 0.25) is 0 Å². The molecule has 0 radical (unpaired) electrons. The summed E-state index contributed by atoms with van der Waals surface area (Å²) in [6.45, 7) is 5.85. The lowest BCUT2D eigenvalue weighted by Gasteiger charge is -2.44. The first-order valence-electron chi connectivity index (χ1n) is 11.6. The van der Waals surface area contributed by atoms with Crippen LogP contribution in [0.25, 0.3) is 0 Å². The third-order valence-corrected chi connectivity index (χ3v) is 4.92. The predicted molar refractivity (Wildman–Crippen MR) is 127 cm³/mol. The van der Waals surface area contributed by atoms with Crippen LogP contribution in [-0.2, 0) is 47.6 Å². The van der Waals surface area contributed by atoms with Crippen molar-refractivity contribution in [3.8, 4) is 0 Å². The summed E-state index contributed by atoms with van der Waals surface area (Å²) in [7, 11) is 0. The summed E-state index contributed by atoms with van der Waals surface area (Å²) in [6, 6.07) is 4.98. The molecular formula is C24H30N2O12. The molecule has 0 spiro atoms. The van der Waals surface area contributed by atoms with Gasteiger partial charge in [0.2, 0.25) is 0 Å². The number of esters is 5. The van der Waals surface area contributed by atoms with Gasteiger partial charge in [0.15, 0.2) is 24.5 Å². The van der Waals surface area contributed by atoms with E-state index in [4.69, 9.17) is 28.4 Å². The maximum Gasteiger partial charge on any atom is 0.338 e. The van der Waals surface area contributed by atoms with Crippen molar-refractivity contribution in [3.05, 3.63) is 29.8 Å². The Kier molecular flexibility index (Phi) is 11.0. The summed E-state index contributed by atoms with van der Waals surface area (Å²) in [5.74, 6) is -3.59. The lowest BCUT2D eigenvalue weighted by Crippen LogP contribution is -2.66. The van der Waals surface area contributed by atoms with Gasteiger partial charge in [-0.25, -0.2) is 9.59 Å². The number of hydrogen-bond donors (Lipinski definition) is 2. The van der Waals surface area contributed by atoms with Gasteiger partial charge in [0, 0.05) is 33.4 Å². The summed E-state index contributed by atoms with van der Waals surface area (Å²) in [6.07, 6.45) is -6.88. The number of urea groups is 1. The van der Waals surface area contributed by atoms with Crippen molar-refractivity contribution in [3.63, 3.8) is 0 Å². The molecule has 0 unspecified atom stereocenters.